The molecule has 8 nitrogen and oxygen atoms in total. The summed E-state index contributed by atoms with van der Waals surface area (Å²) in [4.78, 5) is 24.7. The van der Waals surface area contributed by atoms with Crippen LogP contribution in [0.2, 0.25) is 0 Å². The van der Waals surface area contributed by atoms with Crippen LogP contribution in [0.1, 0.15) is 29.8 Å². The molecule has 0 aliphatic rings. The lowest BCUT2D eigenvalue weighted by atomic mass is 10.2. The second kappa shape index (κ2) is 9.00. The molecular formula is C21H27N5O3. The number of rotatable bonds is 8. The molecule has 2 heterocycles. The number of hydrogen-bond donors (Lipinski definition) is 1. The Morgan fingerprint density at radius 3 is 2.55 bits per heavy atom. The predicted octanol–water partition coefficient (Wildman–Crippen LogP) is 2.05. The molecule has 0 fully saturated rings. The fraction of sp³-hybridized carbons (Fsp3) is 0.429. The Kier molecular flexibility index (Phi) is 6.43. The first kappa shape index (κ1) is 20.7. The number of fused-ring (bicyclic) bond motifs is 1. The Balaban J connectivity index is 1.82. The van der Waals surface area contributed by atoms with Gasteiger partial charge in [0.15, 0.2) is 5.52 Å². The Labute approximate surface area is 169 Å². The van der Waals surface area contributed by atoms with Gasteiger partial charge in [-0.1, -0.05) is 17.7 Å². The quantitative estimate of drug-likeness (QED) is 0.588. The van der Waals surface area contributed by atoms with Crippen LogP contribution in [0.25, 0.3) is 16.6 Å². The van der Waals surface area contributed by atoms with Crippen LogP contribution in [-0.2, 0) is 16.1 Å². The summed E-state index contributed by atoms with van der Waals surface area (Å²) in [6.45, 7) is 7.17. The SMILES string of the molecule is COCCNC(=O)CCCn1nc(C)c2c(C)n(-c3ccc(C)cc3)nc2c1=O. The molecule has 1 aromatic carbocycles. The van der Waals surface area contributed by atoms with Gasteiger partial charge in [0.2, 0.25) is 5.91 Å². The maximum absolute atomic E-state index is 12.9. The number of nitrogens with zero attached hydrogens (tertiary/aromatic N) is 4. The number of methoxy groups -OCH3 is 1. The van der Waals surface area contributed by atoms with E-state index in [0.717, 1.165) is 28.0 Å². The number of carbonyl (C=O) groups excluding carboxylic acids is 1. The summed E-state index contributed by atoms with van der Waals surface area (Å²) in [7, 11) is 1.59. The van der Waals surface area contributed by atoms with E-state index in [1.165, 1.54) is 4.68 Å². The van der Waals surface area contributed by atoms with Gasteiger partial charge < -0.3 is 10.1 Å². The van der Waals surface area contributed by atoms with Gasteiger partial charge in [-0.3, -0.25) is 9.59 Å². The third-order valence-electron chi connectivity index (χ3n) is 4.87. The summed E-state index contributed by atoms with van der Waals surface area (Å²) >= 11 is 0. The Morgan fingerprint density at radius 2 is 1.86 bits per heavy atom. The molecule has 0 spiro atoms. The average Bonchev–Trinajstić information content (AvgIpc) is 3.04. The number of amides is 1. The lowest BCUT2D eigenvalue weighted by Crippen LogP contribution is -2.28. The summed E-state index contributed by atoms with van der Waals surface area (Å²) in [6.07, 6.45) is 0.847. The number of ether oxygens (including phenoxy) is 1. The van der Waals surface area contributed by atoms with Crippen molar-refractivity contribution < 1.29 is 9.53 Å². The van der Waals surface area contributed by atoms with Gasteiger partial charge in [-0.25, -0.2) is 9.36 Å². The summed E-state index contributed by atoms with van der Waals surface area (Å²) < 4.78 is 8.10. The highest BCUT2D eigenvalue weighted by atomic mass is 16.5. The van der Waals surface area contributed by atoms with E-state index in [-0.39, 0.29) is 11.5 Å². The topological polar surface area (TPSA) is 91.0 Å². The number of benzene rings is 1. The van der Waals surface area contributed by atoms with Crippen molar-refractivity contribution in [1.82, 2.24) is 24.9 Å². The summed E-state index contributed by atoms with van der Waals surface area (Å²) in [5, 5.41) is 12.6. The van der Waals surface area contributed by atoms with Crippen molar-refractivity contribution in [3.8, 4) is 5.69 Å². The molecule has 0 atom stereocenters. The van der Waals surface area contributed by atoms with Crippen LogP contribution in [0.3, 0.4) is 0 Å². The molecule has 8 heteroatoms. The van der Waals surface area contributed by atoms with Crippen LogP contribution in [0.5, 0.6) is 0 Å². The van der Waals surface area contributed by atoms with E-state index in [4.69, 9.17) is 4.74 Å². The van der Waals surface area contributed by atoms with E-state index >= 15 is 0 Å². The van der Waals surface area contributed by atoms with Crippen LogP contribution in [0, 0.1) is 20.8 Å². The normalized spacial score (nSPS) is 11.2. The first-order valence-corrected chi connectivity index (χ1v) is 9.72. The molecule has 29 heavy (non-hydrogen) atoms. The van der Waals surface area contributed by atoms with Crippen LogP contribution in [-0.4, -0.2) is 45.7 Å². The Hall–Kier alpha value is -3.00. The van der Waals surface area contributed by atoms with Crippen molar-refractivity contribution in [3.63, 3.8) is 0 Å². The molecule has 0 aliphatic carbocycles. The highest BCUT2D eigenvalue weighted by Crippen LogP contribution is 2.21. The molecule has 1 amide bonds. The number of aryl methyl sites for hydroxylation is 4. The molecular weight excluding hydrogens is 370 g/mol. The predicted molar refractivity (Wildman–Crippen MR) is 111 cm³/mol. The highest BCUT2D eigenvalue weighted by Gasteiger charge is 2.17. The molecule has 3 aromatic rings. The fourth-order valence-electron chi connectivity index (χ4n) is 3.34. The number of nitrogens with one attached hydrogen (secondary N) is 1. The minimum absolute atomic E-state index is 0.0626. The van der Waals surface area contributed by atoms with Crippen molar-refractivity contribution in [2.75, 3.05) is 20.3 Å². The zero-order chi connectivity index (χ0) is 21.0. The largest absolute Gasteiger partial charge is 0.383 e. The molecule has 0 unspecified atom stereocenters. The maximum Gasteiger partial charge on any atom is 0.295 e. The summed E-state index contributed by atoms with van der Waals surface area (Å²) in [6, 6.07) is 8.00. The lowest BCUT2D eigenvalue weighted by molar-refractivity contribution is -0.121. The number of carbonyl (C=O) groups is 1. The first-order chi connectivity index (χ1) is 13.9. The van der Waals surface area contributed by atoms with E-state index in [9.17, 15) is 9.59 Å². The van der Waals surface area contributed by atoms with Crippen LogP contribution in [0.15, 0.2) is 29.1 Å². The third-order valence-corrected chi connectivity index (χ3v) is 4.87. The molecule has 1 N–H and O–H groups in total. The van der Waals surface area contributed by atoms with Gasteiger partial charge in [0.1, 0.15) is 0 Å². The average molecular weight is 397 g/mol. The molecule has 154 valence electrons. The van der Waals surface area contributed by atoms with Crippen molar-refractivity contribution in [3.05, 3.63) is 51.6 Å². The van der Waals surface area contributed by atoms with Gasteiger partial charge in [0.25, 0.3) is 5.56 Å². The monoisotopic (exact) mass is 397 g/mol. The Morgan fingerprint density at radius 1 is 1.14 bits per heavy atom. The minimum Gasteiger partial charge on any atom is -0.383 e. The van der Waals surface area contributed by atoms with E-state index in [0.29, 0.717) is 38.1 Å². The molecule has 2 aromatic heterocycles. The van der Waals surface area contributed by atoms with Crippen molar-refractivity contribution in [2.24, 2.45) is 0 Å². The summed E-state index contributed by atoms with van der Waals surface area (Å²) in [5.41, 5.74) is 3.87. The zero-order valence-electron chi connectivity index (χ0n) is 17.4. The minimum atomic E-state index is -0.237. The zero-order valence-corrected chi connectivity index (χ0v) is 17.4. The number of hydrogen-bond acceptors (Lipinski definition) is 5. The second-order valence-corrected chi connectivity index (χ2v) is 7.12. The van der Waals surface area contributed by atoms with Crippen LogP contribution >= 0.6 is 0 Å². The van der Waals surface area contributed by atoms with Gasteiger partial charge in [-0.05, 0) is 39.3 Å². The molecule has 0 saturated heterocycles. The number of aromatic nitrogens is 4. The second-order valence-electron chi connectivity index (χ2n) is 7.12. The smallest absolute Gasteiger partial charge is 0.295 e. The standard InChI is InChI=1S/C21H27N5O3/c1-14-7-9-17(10-8-14)26-16(3)19-15(2)23-25(21(28)20(19)24-26)12-5-6-18(27)22-11-13-29-4/h7-10H,5-6,11-13H2,1-4H3,(H,22,27). The van der Waals surface area contributed by atoms with E-state index in [1.807, 2.05) is 45.0 Å². The first-order valence-electron chi connectivity index (χ1n) is 9.72. The van der Waals surface area contributed by atoms with E-state index < -0.39 is 0 Å². The van der Waals surface area contributed by atoms with Crippen molar-refractivity contribution in [2.45, 2.75) is 40.2 Å². The van der Waals surface area contributed by atoms with Gasteiger partial charge in [-0.2, -0.15) is 10.2 Å². The van der Waals surface area contributed by atoms with Gasteiger partial charge in [-0.15, -0.1) is 0 Å². The van der Waals surface area contributed by atoms with Gasteiger partial charge in [0, 0.05) is 26.6 Å². The van der Waals surface area contributed by atoms with Gasteiger partial charge in [0.05, 0.1) is 29.1 Å². The van der Waals surface area contributed by atoms with Crippen LogP contribution < -0.4 is 10.9 Å². The summed E-state index contributed by atoms with van der Waals surface area (Å²) in [5.74, 6) is -0.0626. The van der Waals surface area contributed by atoms with E-state index in [1.54, 1.807) is 11.8 Å². The van der Waals surface area contributed by atoms with Gasteiger partial charge >= 0.3 is 0 Å². The maximum atomic E-state index is 12.9. The van der Waals surface area contributed by atoms with E-state index in [2.05, 4.69) is 15.5 Å². The molecule has 3 rings (SSSR count). The highest BCUT2D eigenvalue weighted by molar-refractivity contribution is 5.83. The van der Waals surface area contributed by atoms with Crippen LogP contribution in [0.4, 0.5) is 0 Å². The molecule has 0 radical (unpaired) electrons. The lowest BCUT2D eigenvalue weighted by Gasteiger charge is -2.07. The molecule has 0 aliphatic heterocycles. The fourth-order valence-corrected chi connectivity index (χ4v) is 3.34. The Bertz CT molecular complexity index is 1070. The van der Waals surface area contributed by atoms with Crippen molar-refractivity contribution in [1.29, 1.82) is 0 Å². The molecule has 0 bridgehead atoms. The van der Waals surface area contributed by atoms with Crippen molar-refractivity contribution >= 4 is 16.8 Å². The third kappa shape index (κ3) is 4.54. The molecule has 0 saturated carbocycles.